The van der Waals surface area contributed by atoms with E-state index in [1.807, 2.05) is 44.6 Å². The molecule has 0 atom stereocenters. The topological polar surface area (TPSA) is 45.2 Å². The average Bonchev–Trinajstić information content (AvgIpc) is 2.80. The van der Waals surface area contributed by atoms with Gasteiger partial charge in [-0.15, -0.1) is 11.3 Å². The van der Waals surface area contributed by atoms with Gasteiger partial charge in [-0.05, 0) is 38.7 Å². The van der Waals surface area contributed by atoms with Gasteiger partial charge in [0.25, 0.3) is 0 Å². The molecule has 0 saturated carbocycles. The van der Waals surface area contributed by atoms with Crippen molar-refractivity contribution in [2.24, 2.45) is 0 Å². The molecular weight excluding hydrogens is 350 g/mol. The van der Waals surface area contributed by atoms with Crippen molar-refractivity contribution < 1.29 is 4.79 Å². The number of rotatable bonds is 5. The van der Waals surface area contributed by atoms with E-state index in [1.165, 1.54) is 0 Å². The molecule has 4 nitrogen and oxygen atoms in total. The number of anilines is 1. The van der Waals surface area contributed by atoms with Crippen molar-refractivity contribution in [3.8, 4) is 0 Å². The minimum atomic E-state index is -0.0487. The highest BCUT2D eigenvalue weighted by Gasteiger charge is 2.09. The number of thiazole rings is 1. The summed E-state index contributed by atoms with van der Waals surface area (Å²) in [4.78, 5) is 18.6. The SMILES string of the molecule is Cc1ccc(NC(=O)Cc2csc(CN(C)C)n2)cc1Br. The van der Waals surface area contributed by atoms with E-state index in [0.717, 1.165) is 33.0 Å². The highest BCUT2D eigenvalue weighted by Crippen LogP contribution is 2.21. The van der Waals surface area contributed by atoms with Crippen LogP contribution in [0.25, 0.3) is 0 Å². The predicted molar refractivity (Wildman–Crippen MR) is 90.7 cm³/mol. The number of halogens is 1. The summed E-state index contributed by atoms with van der Waals surface area (Å²) in [6.07, 6.45) is 0.301. The van der Waals surface area contributed by atoms with Crippen LogP contribution in [0.3, 0.4) is 0 Å². The lowest BCUT2D eigenvalue weighted by atomic mass is 10.2. The number of carbonyl (C=O) groups is 1. The molecule has 0 spiro atoms. The van der Waals surface area contributed by atoms with E-state index in [4.69, 9.17) is 0 Å². The summed E-state index contributed by atoms with van der Waals surface area (Å²) in [5, 5.41) is 5.87. The molecule has 0 aliphatic rings. The van der Waals surface area contributed by atoms with Gasteiger partial charge in [-0.1, -0.05) is 22.0 Å². The summed E-state index contributed by atoms with van der Waals surface area (Å²) in [7, 11) is 4.01. The summed E-state index contributed by atoms with van der Waals surface area (Å²) in [6.45, 7) is 2.81. The van der Waals surface area contributed by atoms with E-state index in [9.17, 15) is 4.79 Å². The Bertz CT molecular complexity index is 640. The number of hydrogen-bond acceptors (Lipinski definition) is 4. The number of nitrogens with one attached hydrogen (secondary N) is 1. The number of benzene rings is 1. The standard InChI is InChI=1S/C15H18BrN3OS/c1-10-4-5-11(6-13(10)16)17-14(20)7-12-9-21-15(18-12)8-19(2)3/h4-6,9H,7-8H2,1-3H3,(H,17,20). The fraction of sp³-hybridized carbons (Fsp3) is 0.333. The molecule has 2 aromatic rings. The molecule has 0 saturated heterocycles. The Morgan fingerprint density at radius 1 is 1.43 bits per heavy atom. The molecule has 1 heterocycles. The fourth-order valence-corrected chi connectivity index (χ4v) is 3.10. The maximum absolute atomic E-state index is 12.0. The number of aromatic nitrogens is 1. The lowest BCUT2D eigenvalue weighted by Crippen LogP contribution is -2.15. The van der Waals surface area contributed by atoms with Crippen molar-refractivity contribution in [2.45, 2.75) is 19.9 Å². The van der Waals surface area contributed by atoms with Crippen LogP contribution in [0.5, 0.6) is 0 Å². The van der Waals surface area contributed by atoms with Crippen LogP contribution < -0.4 is 5.32 Å². The predicted octanol–water partition coefficient (Wildman–Crippen LogP) is 3.46. The van der Waals surface area contributed by atoms with Gasteiger partial charge >= 0.3 is 0 Å². The molecule has 1 amide bonds. The highest BCUT2D eigenvalue weighted by molar-refractivity contribution is 9.10. The number of nitrogens with zero attached hydrogens (tertiary/aromatic N) is 2. The van der Waals surface area contributed by atoms with Crippen LogP contribution in [0.4, 0.5) is 5.69 Å². The van der Waals surface area contributed by atoms with E-state index >= 15 is 0 Å². The third kappa shape index (κ3) is 4.91. The quantitative estimate of drug-likeness (QED) is 0.879. The van der Waals surface area contributed by atoms with Gasteiger partial charge in [-0.3, -0.25) is 4.79 Å². The summed E-state index contributed by atoms with van der Waals surface area (Å²) in [5.74, 6) is -0.0487. The molecule has 112 valence electrons. The molecule has 0 aliphatic carbocycles. The summed E-state index contributed by atoms with van der Waals surface area (Å²) >= 11 is 5.05. The molecule has 0 unspecified atom stereocenters. The van der Waals surface area contributed by atoms with E-state index in [0.29, 0.717) is 6.42 Å². The van der Waals surface area contributed by atoms with E-state index < -0.39 is 0 Å². The summed E-state index contributed by atoms with van der Waals surface area (Å²) in [5.41, 5.74) is 2.75. The molecule has 6 heteroatoms. The zero-order chi connectivity index (χ0) is 15.4. The summed E-state index contributed by atoms with van der Waals surface area (Å²) < 4.78 is 0.988. The minimum absolute atomic E-state index is 0.0487. The van der Waals surface area contributed by atoms with Crippen molar-refractivity contribution in [3.05, 3.63) is 44.3 Å². The van der Waals surface area contributed by atoms with Gasteiger partial charge in [0.1, 0.15) is 5.01 Å². The Hall–Kier alpha value is -1.24. The first kappa shape index (κ1) is 16.1. The van der Waals surface area contributed by atoms with Gasteiger partial charge in [0.2, 0.25) is 5.91 Å². The summed E-state index contributed by atoms with van der Waals surface area (Å²) in [6, 6.07) is 5.78. The van der Waals surface area contributed by atoms with Crippen LogP contribution >= 0.6 is 27.3 Å². The molecular formula is C15H18BrN3OS. The number of amides is 1. The van der Waals surface area contributed by atoms with E-state index in [2.05, 4.69) is 31.1 Å². The molecule has 0 bridgehead atoms. The van der Waals surface area contributed by atoms with Crippen molar-refractivity contribution >= 4 is 38.9 Å². The largest absolute Gasteiger partial charge is 0.326 e. The Morgan fingerprint density at radius 2 is 2.19 bits per heavy atom. The van der Waals surface area contributed by atoms with E-state index in [1.54, 1.807) is 11.3 Å². The molecule has 0 fully saturated rings. The highest BCUT2D eigenvalue weighted by atomic mass is 79.9. The third-order valence-corrected chi connectivity index (χ3v) is 4.58. The monoisotopic (exact) mass is 367 g/mol. The maximum Gasteiger partial charge on any atom is 0.230 e. The van der Waals surface area contributed by atoms with Gasteiger partial charge in [-0.2, -0.15) is 0 Å². The zero-order valence-electron chi connectivity index (χ0n) is 12.3. The molecule has 2 rings (SSSR count). The van der Waals surface area contributed by atoms with Gasteiger partial charge in [0.05, 0.1) is 12.1 Å². The first-order chi connectivity index (χ1) is 9.94. The van der Waals surface area contributed by atoms with Gasteiger partial charge in [0.15, 0.2) is 0 Å². The second-order valence-corrected chi connectivity index (χ2v) is 6.96. The fourth-order valence-electron chi connectivity index (χ4n) is 1.81. The normalized spacial score (nSPS) is 10.9. The Kier molecular flexibility index (Phi) is 5.50. The Morgan fingerprint density at radius 3 is 2.86 bits per heavy atom. The molecule has 0 radical (unpaired) electrons. The first-order valence-corrected chi connectivity index (χ1v) is 8.25. The number of carbonyl (C=O) groups excluding carboxylic acids is 1. The third-order valence-electron chi connectivity index (χ3n) is 2.85. The van der Waals surface area contributed by atoms with Crippen molar-refractivity contribution in [3.63, 3.8) is 0 Å². The van der Waals surface area contributed by atoms with Crippen LogP contribution in [-0.4, -0.2) is 29.9 Å². The van der Waals surface area contributed by atoms with Gasteiger partial charge < -0.3 is 10.2 Å². The van der Waals surface area contributed by atoms with Gasteiger partial charge in [-0.25, -0.2) is 4.98 Å². The van der Waals surface area contributed by atoms with Crippen LogP contribution in [0.1, 0.15) is 16.3 Å². The number of hydrogen-bond donors (Lipinski definition) is 1. The maximum atomic E-state index is 12.0. The van der Waals surface area contributed by atoms with Gasteiger partial charge in [0, 0.05) is 22.1 Å². The first-order valence-electron chi connectivity index (χ1n) is 6.58. The minimum Gasteiger partial charge on any atom is -0.326 e. The lowest BCUT2D eigenvalue weighted by molar-refractivity contribution is -0.115. The number of aryl methyl sites for hydroxylation is 1. The molecule has 1 aromatic heterocycles. The molecule has 21 heavy (non-hydrogen) atoms. The van der Waals surface area contributed by atoms with Crippen molar-refractivity contribution in [1.29, 1.82) is 0 Å². The van der Waals surface area contributed by atoms with Crippen LogP contribution in [0.2, 0.25) is 0 Å². The Labute approximate surface area is 137 Å². The van der Waals surface area contributed by atoms with Crippen LogP contribution in [0.15, 0.2) is 28.1 Å². The molecule has 0 aliphatic heterocycles. The van der Waals surface area contributed by atoms with Crippen molar-refractivity contribution in [1.82, 2.24) is 9.88 Å². The second-order valence-electron chi connectivity index (χ2n) is 5.16. The van der Waals surface area contributed by atoms with E-state index in [-0.39, 0.29) is 5.91 Å². The van der Waals surface area contributed by atoms with Crippen LogP contribution in [0, 0.1) is 6.92 Å². The molecule has 1 aromatic carbocycles. The van der Waals surface area contributed by atoms with Crippen LogP contribution in [-0.2, 0) is 17.8 Å². The van der Waals surface area contributed by atoms with Crippen molar-refractivity contribution in [2.75, 3.05) is 19.4 Å². The second kappa shape index (κ2) is 7.15. The smallest absolute Gasteiger partial charge is 0.230 e. The Balaban J connectivity index is 1.95. The molecule has 1 N–H and O–H groups in total. The zero-order valence-corrected chi connectivity index (χ0v) is 14.7. The average molecular weight is 368 g/mol. The lowest BCUT2D eigenvalue weighted by Gasteiger charge is -2.06.